The van der Waals surface area contributed by atoms with E-state index in [1.54, 1.807) is 24.3 Å². The van der Waals surface area contributed by atoms with E-state index in [0.29, 0.717) is 22.6 Å². The first-order valence-electron chi connectivity index (χ1n) is 8.29. The molecule has 1 N–H and O–H groups in total. The molecule has 0 atom stereocenters. The van der Waals surface area contributed by atoms with Gasteiger partial charge >= 0.3 is 6.01 Å². The van der Waals surface area contributed by atoms with Gasteiger partial charge in [-0.15, -0.1) is 5.10 Å². The first kappa shape index (κ1) is 19.5. The van der Waals surface area contributed by atoms with E-state index >= 15 is 0 Å². The zero-order valence-electron chi connectivity index (χ0n) is 15.5. The predicted molar refractivity (Wildman–Crippen MR) is 104 cm³/mol. The second-order valence-electron chi connectivity index (χ2n) is 5.69. The number of carbonyl (C=O) groups excluding carboxylic acids is 1. The quantitative estimate of drug-likeness (QED) is 0.366. The zero-order valence-corrected chi connectivity index (χ0v) is 15.5. The largest absolute Gasteiger partial charge is 0.497 e. The summed E-state index contributed by atoms with van der Waals surface area (Å²) in [7, 11) is 3.04. The number of hydrogen-bond donors (Lipinski definition) is 1. The Hall–Kier alpha value is -4.21. The van der Waals surface area contributed by atoms with Gasteiger partial charge in [0.25, 0.3) is 11.6 Å². The van der Waals surface area contributed by atoms with Gasteiger partial charge in [-0.2, -0.15) is 0 Å². The maximum absolute atomic E-state index is 12.1. The third-order valence-corrected chi connectivity index (χ3v) is 3.76. The Labute approximate surface area is 164 Å². The SMILES string of the molecule is COc1cc(OC)cc(-c2nnc(NC(=O)/C=C/c3cccc([N+](=O)[O-])c3)o2)c1. The second kappa shape index (κ2) is 8.65. The van der Waals surface area contributed by atoms with Crippen molar-refractivity contribution in [2.45, 2.75) is 0 Å². The minimum Gasteiger partial charge on any atom is -0.497 e. The number of carbonyl (C=O) groups is 1. The Bertz CT molecular complexity index is 1050. The van der Waals surface area contributed by atoms with Crippen LogP contribution in [0.5, 0.6) is 11.5 Å². The number of anilines is 1. The van der Waals surface area contributed by atoms with Crippen LogP contribution in [0.15, 0.2) is 53.0 Å². The van der Waals surface area contributed by atoms with Gasteiger partial charge in [0, 0.05) is 29.8 Å². The number of aromatic nitrogens is 2. The van der Waals surface area contributed by atoms with E-state index in [1.165, 1.54) is 44.6 Å². The summed E-state index contributed by atoms with van der Waals surface area (Å²) in [5.41, 5.74) is 0.994. The number of nitro groups is 1. The first-order chi connectivity index (χ1) is 14.0. The molecule has 10 nitrogen and oxygen atoms in total. The lowest BCUT2D eigenvalue weighted by Crippen LogP contribution is -2.07. The average Bonchev–Trinajstić information content (AvgIpc) is 3.20. The molecule has 0 bridgehead atoms. The molecule has 29 heavy (non-hydrogen) atoms. The Morgan fingerprint density at radius 2 is 1.86 bits per heavy atom. The molecule has 0 unspecified atom stereocenters. The fraction of sp³-hybridized carbons (Fsp3) is 0.105. The highest BCUT2D eigenvalue weighted by molar-refractivity contribution is 6.00. The fourth-order valence-electron chi connectivity index (χ4n) is 2.38. The fourth-order valence-corrected chi connectivity index (χ4v) is 2.38. The highest BCUT2D eigenvalue weighted by Gasteiger charge is 2.13. The van der Waals surface area contributed by atoms with Gasteiger partial charge in [-0.1, -0.05) is 17.2 Å². The minimum absolute atomic E-state index is 0.0668. The van der Waals surface area contributed by atoms with Gasteiger partial charge in [-0.25, -0.2) is 0 Å². The number of methoxy groups -OCH3 is 2. The molecule has 1 amide bonds. The Morgan fingerprint density at radius 3 is 2.52 bits per heavy atom. The van der Waals surface area contributed by atoms with Crippen LogP contribution in [0.3, 0.4) is 0 Å². The van der Waals surface area contributed by atoms with Crippen LogP contribution in [-0.2, 0) is 4.79 Å². The van der Waals surface area contributed by atoms with E-state index in [2.05, 4.69) is 15.5 Å². The van der Waals surface area contributed by atoms with Gasteiger partial charge in [-0.05, 0) is 23.8 Å². The van der Waals surface area contributed by atoms with Gasteiger partial charge in [0.1, 0.15) is 11.5 Å². The third kappa shape index (κ3) is 4.95. The number of nitrogens with one attached hydrogen (secondary N) is 1. The number of nitrogens with zero attached hydrogens (tertiary/aromatic N) is 3. The minimum atomic E-state index is -0.532. The molecule has 3 rings (SSSR count). The maximum atomic E-state index is 12.1. The monoisotopic (exact) mass is 396 g/mol. The molecule has 0 saturated carbocycles. The number of hydrogen-bond acceptors (Lipinski definition) is 8. The van der Waals surface area contributed by atoms with Crippen LogP contribution in [0.25, 0.3) is 17.5 Å². The van der Waals surface area contributed by atoms with Crippen molar-refractivity contribution in [3.63, 3.8) is 0 Å². The summed E-state index contributed by atoms with van der Waals surface area (Å²) in [6, 6.07) is 10.8. The first-order valence-corrected chi connectivity index (χ1v) is 8.29. The van der Waals surface area contributed by atoms with Crippen molar-refractivity contribution in [3.05, 3.63) is 64.2 Å². The van der Waals surface area contributed by atoms with E-state index in [0.717, 1.165) is 0 Å². The molecule has 10 heteroatoms. The lowest BCUT2D eigenvalue weighted by atomic mass is 10.2. The summed E-state index contributed by atoms with van der Waals surface area (Å²) >= 11 is 0. The molecule has 0 saturated heterocycles. The van der Waals surface area contributed by atoms with Crippen LogP contribution < -0.4 is 14.8 Å². The van der Waals surface area contributed by atoms with E-state index in [-0.39, 0.29) is 17.6 Å². The number of rotatable bonds is 7. The molecular formula is C19H16N4O6. The summed E-state index contributed by atoms with van der Waals surface area (Å²) in [6.45, 7) is 0. The van der Waals surface area contributed by atoms with Gasteiger partial charge in [0.2, 0.25) is 5.89 Å². The third-order valence-electron chi connectivity index (χ3n) is 3.76. The van der Waals surface area contributed by atoms with Crippen molar-refractivity contribution in [1.29, 1.82) is 0 Å². The average molecular weight is 396 g/mol. The van der Waals surface area contributed by atoms with Crippen molar-refractivity contribution < 1.29 is 23.6 Å². The van der Waals surface area contributed by atoms with Crippen molar-refractivity contribution in [1.82, 2.24) is 10.2 Å². The normalized spacial score (nSPS) is 10.7. The van der Waals surface area contributed by atoms with Gasteiger partial charge in [0.15, 0.2) is 0 Å². The highest BCUT2D eigenvalue weighted by atomic mass is 16.6. The highest BCUT2D eigenvalue weighted by Crippen LogP contribution is 2.29. The molecule has 148 valence electrons. The molecule has 3 aromatic rings. The molecule has 1 aromatic heterocycles. The van der Waals surface area contributed by atoms with Crippen LogP contribution in [0.1, 0.15) is 5.56 Å². The van der Waals surface area contributed by atoms with Crippen molar-refractivity contribution in [2.75, 3.05) is 19.5 Å². The smallest absolute Gasteiger partial charge is 0.322 e. The van der Waals surface area contributed by atoms with Crippen LogP contribution >= 0.6 is 0 Å². The maximum Gasteiger partial charge on any atom is 0.322 e. The molecule has 0 fully saturated rings. The number of benzene rings is 2. The molecule has 0 radical (unpaired) electrons. The summed E-state index contributed by atoms with van der Waals surface area (Å²) in [6.07, 6.45) is 2.64. The van der Waals surface area contributed by atoms with Crippen LogP contribution in [-0.4, -0.2) is 35.2 Å². The van der Waals surface area contributed by atoms with E-state index in [4.69, 9.17) is 13.9 Å². The van der Waals surface area contributed by atoms with Crippen LogP contribution in [0, 0.1) is 10.1 Å². The predicted octanol–water partition coefficient (Wildman–Crippen LogP) is 3.31. The Kier molecular flexibility index (Phi) is 5.83. The topological polar surface area (TPSA) is 130 Å². The van der Waals surface area contributed by atoms with E-state index in [1.807, 2.05) is 0 Å². The van der Waals surface area contributed by atoms with E-state index in [9.17, 15) is 14.9 Å². The summed E-state index contributed by atoms with van der Waals surface area (Å²) in [5.74, 6) is 0.723. The van der Waals surface area contributed by atoms with Gasteiger partial charge in [0.05, 0.1) is 19.1 Å². The zero-order chi connectivity index (χ0) is 20.8. The molecule has 0 spiro atoms. The summed E-state index contributed by atoms with van der Waals surface area (Å²) in [5, 5.41) is 20.9. The standard InChI is InChI=1S/C19H16N4O6/c1-27-15-9-13(10-16(11-15)28-2)18-21-22-19(29-18)20-17(24)7-6-12-4-3-5-14(8-12)23(25)26/h3-11H,1-2H3,(H,20,22,24)/b7-6+. The van der Waals surface area contributed by atoms with Gasteiger partial charge in [-0.3, -0.25) is 20.2 Å². The second-order valence-corrected chi connectivity index (χ2v) is 5.69. The van der Waals surface area contributed by atoms with Crippen LogP contribution in [0.2, 0.25) is 0 Å². The summed E-state index contributed by atoms with van der Waals surface area (Å²) < 4.78 is 15.8. The van der Waals surface area contributed by atoms with Crippen molar-refractivity contribution in [2.24, 2.45) is 0 Å². The molecule has 2 aromatic carbocycles. The molecule has 0 aliphatic heterocycles. The lowest BCUT2D eigenvalue weighted by molar-refractivity contribution is -0.384. The Balaban J connectivity index is 1.71. The molecular weight excluding hydrogens is 380 g/mol. The number of ether oxygens (including phenoxy) is 2. The molecule has 0 aliphatic carbocycles. The molecule has 1 heterocycles. The van der Waals surface area contributed by atoms with Crippen LogP contribution in [0.4, 0.5) is 11.7 Å². The Morgan fingerprint density at radius 1 is 1.14 bits per heavy atom. The molecule has 0 aliphatic rings. The number of non-ortho nitro benzene ring substituents is 1. The summed E-state index contributed by atoms with van der Waals surface area (Å²) in [4.78, 5) is 22.3. The number of nitro benzene ring substituents is 1. The lowest BCUT2D eigenvalue weighted by Gasteiger charge is -2.05. The van der Waals surface area contributed by atoms with Crippen molar-refractivity contribution >= 4 is 23.7 Å². The van der Waals surface area contributed by atoms with E-state index < -0.39 is 10.8 Å². The number of amides is 1. The van der Waals surface area contributed by atoms with Crippen molar-refractivity contribution in [3.8, 4) is 23.0 Å². The van der Waals surface area contributed by atoms with Gasteiger partial charge < -0.3 is 13.9 Å².